The molecule has 2 atom stereocenters. The first-order chi connectivity index (χ1) is 9.79. The third kappa shape index (κ3) is 2.28. The van der Waals surface area contributed by atoms with E-state index in [1.165, 1.54) is 38.5 Å². The summed E-state index contributed by atoms with van der Waals surface area (Å²) in [5.74, 6) is 0.900. The van der Waals surface area contributed by atoms with Crippen LogP contribution in [0.1, 0.15) is 52.4 Å². The first kappa shape index (κ1) is 13.9. The summed E-state index contributed by atoms with van der Waals surface area (Å²) in [5.41, 5.74) is 9.50. The smallest absolute Gasteiger partial charge is 0.0589 e. The fourth-order valence-corrected chi connectivity index (χ4v) is 6.87. The van der Waals surface area contributed by atoms with Gasteiger partial charge in [-0.25, -0.2) is 0 Å². The lowest BCUT2D eigenvalue weighted by Gasteiger charge is -2.65. The first-order valence-corrected chi connectivity index (χ1v) is 8.92. The number of hydrogen-bond donors (Lipinski definition) is 2. The monoisotopic (exact) mass is 348 g/mol. The summed E-state index contributed by atoms with van der Waals surface area (Å²) in [6.07, 6.45) is 8.20. The molecule has 3 N–H and O–H groups in total. The maximum absolute atomic E-state index is 6.20. The Balaban J connectivity index is 1.70. The summed E-state index contributed by atoms with van der Waals surface area (Å²) in [7, 11) is 0. The van der Waals surface area contributed by atoms with E-state index in [9.17, 15) is 0 Å². The Morgan fingerprint density at radius 2 is 1.76 bits per heavy atom. The molecule has 0 amide bonds. The Labute approximate surface area is 136 Å². The quantitative estimate of drug-likeness (QED) is 0.721. The highest BCUT2D eigenvalue weighted by Crippen LogP contribution is 2.67. The Kier molecular flexibility index (Phi) is 2.78. The molecule has 0 heterocycles. The lowest BCUT2D eigenvalue weighted by atomic mass is 9.43. The van der Waals surface area contributed by atoms with E-state index in [0.29, 0.717) is 10.8 Å². The molecule has 0 spiro atoms. The number of nitrogens with two attached hydrogens (primary N) is 1. The van der Waals surface area contributed by atoms with Gasteiger partial charge in [-0.1, -0.05) is 29.8 Å². The van der Waals surface area contributed by atoms with Gasteiger partial charge >= 0.3 is 0 Å². The average molecular weight is 349 g/mol. The van der Waals surface area contributed by atoms with Gasteiger partial charge in [0.25, 0.3) is 0 Å². The van der Waals surface area contributed by atoms with Crippen molar-refractivity contribution < 1.29 is 0 Å². The normalized spacial score (nSPS) is 44.0. The zero-order chi connectivity index (χ0) is 14.9. The number of benzene rings is 1. The molecule has 114 valence electrons. The molecule has 0 aliphatic heterocycles. The SMILES string of the molecule is CC12CC3CC(C)(C1)CC(Nc1cc(Br)ccc1N)(C3)C2. The van der Waals surface area contributed by atoms with E-state index in [4.69, 9.17) is 5.73 Å². The van der Waals surface area contributed by atoms with Crippen LogP contribution in [0.15, 0.2) is 22.7 Å². The minimum absolute atomic E-state index is 0.262. The number of hydrogen-bond acceptors (Lipinski definition) is 2. The first-order valence-electron chi connectivity index (χ1n) is 8.12. The third-order valence-corrected chi connectivity index (χ3v) is 6.53. The molecule has 0 saturated heterocycles. The van der Waals surface area contributed by atoms with E-state index in [2.05, 4.69) is 41.2 Å². The van der Waals surface area contributed by atoms with Gasteiger partial charge in [0, 0.05) is 10.0 Å². The predicted octanol–water partition coefficient (Wildman–Crippen LogP) is 5.19. The number of nitrogen functional groups attached to an aromatic ring is 1. The highest BCUT2D eigenvalue weighted by atomic mass is 79.9. The highest BCUT2D eigenvalue weighted by molar-refractivity contribution is 9.10. The number of nitrogens with one attached hydrogen (secondary N) is 1. The standard InChI is InChI=1S/C18H25BrN2/c1-16-6-12-7-17(2,9-16)11-18(8-12,10-16)21-15-5-13(19)3-4-14(15)20/h3-5,12,21H,6-11,20H2,1-2H3. The molecule has 0 aromatic heterocycles. The summed E-state index contributed by atoms with van der Waals surface area (Å²) >= 11 is 3.57. The van der Waals surface area contributed by atoms with Gasteiger partial charge in [-0.15, -0.1) is 0 Å². The maximum Gasteiger partial charge on any atom is 0.0589 e. The van der Waals surface area contributed by atoms with Gasteiger partial charge in [0.2, 0.25) is 0 Å². The Hall–Kier alpha value is -0.700. The topological polar surface area (TPSA) is 38.0 Å². The Morgan fingerprint density at radius 1 is 1.10 bits per heavy atom. The largest absolute Gasteiger partial charge is 0.397 e. The Morgan fingerprint density at radius 3 is 2.38 bits per heavy atom. The highest BCUT2D eigenvalue weighted by Gasteiger charge is 2.60. The molecule has 2 nitrogen and oxygen atoms in total. The van der Waals surface area contributed by atoms with Gasteiger partial charge in [-0.3, -0.25) is 0 Å². The molecular formula is C18H25BrN2. The molecule has 1 aromatic rings. The molecule has 4 bridgehead atoms. The van der Waals surface area contributed by atoms with Gasteiger partial charge in [-0.05, 0) is 73.5 Å². The van der Waals surface area contributed by atoms with Crippen molar-refractivity contribution in [3.8, 4) is 0 Å². The van der Waals surface area contributed by atoms with E-state index >= 15 is 0 Å². The second-order valence-electron chi connectivity index (χ2n) is 8.77. The van der Waals surface area contributed by atoms with E-state index in [0.717, 1.165) is 21.8 Å². The fraction of sp³-hybridized carbons (Fsp3) is 0.667. The zero-order valence-corrected chi connectivity index (χ0v) is 14.6. The average Bonchev–Trinajstić information content (AvgIpc) is 2.28. The lowest BCUT2D eigenvalue weighted by molar-refractivity contribution is -0.0972. The van der Waals surface area contributed by atoms with Crippen LogP contribution in [0.3, 0.4) is 0 Å². The zero-order valence-electron chi connectivity index (χ0n) is 13.0. The summed E-state index contributed by atoms with van der Waals surface area (Å²) < 4.78 is 1.10. The van der Waals surface area contributed by atoms with Crippen molar-refractivity contribution in [2.24, 2.45) is 16.7 Å². The molecule has 0 radical (unpaired) electrons. The molecule has 4 saturated carbocycles. The van der Waals surface area contributed by atoms with Crippen molar-refractivity contribution in [2.75, 3.05) is 11.1 Å². The van der Waals surface area contributed by atoms with E-state index in [1.807, 2.05) is 12.1 Å². The van der Waals surface area contributed by atoms with E-state index < -0.39 is 0 Å². The second kappa shape index (κ2) is 4.18. The minimum Gasteiger partial charge on any atom is -0.397 e. The second-order valence-corrected chi connectivity index (χ2v) is 9.68. The maximum atomic E-state index is 6.20. The van der Waals surface area contributed by atoms with Crippen molar-refractivity contribution in [3.05, 3.63) is 22.7 Å². The molecule has 4 aliphatic rings. The molecule has 4 aliphatic carbocycles. The molecular weight excluding hydrogens is 324 g/mol. The molecule has 3 heteroatoms. The van der Waals surface area contributed by atoms with Crippen LogP contribution < -0.4 is 11.1 Å². The molecule has 2 unspecified atom stereocenters. The van der Waals surface area contributed by atoms with Crippen LogP contribution >= 0.6 is 15.9 Å². The van der Waals surface area contributed by atoms with Crippen LogP contribution in [0.25, 0.3) is 0 Å². The summed E-state index contributed by atoms with van der Waals surface area (Å²) in [5, 5.41) is 3.89. The van der Waals surface area contributed by atoms with E-state index in [1.54, 1.807) is 0 Å². The molecule has 21 heavy (non-hydrogen) atoms. The van der Waals surface area contributed by atoms with Crippen molar-refractivity contribution in [2.45, 2.75) is 57.9 Å². The van der Waals surface area contributed by atoms with Crippen molar-refractivity contribution in [3.63, 3.8) is 0 Å². The fourth-order valence-electron chi connectivity index (χ4n) is 6.51. The van der Waals surface area contributed by atoms with Gasteiger partial charge in [0.05, 0.1) is 11.4 Å². The molecule has 4 fully saturated rings. The summed E-state index contributed by atoms with van der Waals surface area (Å²) in [6, 6.07) is 6.15. The van der Waals surface area contributed by atoms with Crippen molar-refractivity contribution in [1.29, 1.82) is 0 Å². The number of halogens is 1. The van der Waals surface area contributed by atoms with Crippen LogP contribution in [0.5, 0.6) is 0 Å². The number of anilines is 2. The van der Waals surface area contributed by atoms with E-state index in [-0.39, 0.29) is 5.54 Å². The van der Waals surface area contributed by atoms with Gasteiger partial charge in [0.1, 0.15) is 0 Å². The van der Waals surface area contributed by atoms with Gasteiger partial charge in [-0.2, -0.15) is 0 Å². The summed E-state index contributed by atoms with van der Waals surface area (Å²) in [4.78, 5) is 0. The van der Waals surface area contributed by atoms with Crippen LogP contribution in [0, 0.1) is 16.7 Å². The molecule has 5 rings (SSSR count). The number of rotatable bonds is 2. The lowest BCUT2D eigenvalue weighted by Crippen LogP contribution is -2.61. The summed E-state index contributed by atoms with van der Waals surface area (Å²) in [6.45, 7) is 5.02. The van der Waals surface area contributed by atoms with Crippen LogP contribution in [-0.2, 0) is 0 Å². The van der Waals surface area contributed by atoms with Crippen molar-refractivity contribution in [1.82, 2.24) is 0 Å². The third-order valence-electron chi connectivity index (χ3n) is 6.04. The van der Waals surface area contributed by atoms with Crippen LogP contribution in [-0.4, -0.2) is 5.54 Å². The van der Waals surface area contributed by atoms with Gasteiger partial charge in [0.15, 0.2) is 0 Å². The molecule has 1 aromatic carbocycles. The van der Waals surface area contributed by atoms with Crippen molar-refractivity contribution >= 4 is 27.3 Å². The van der Waals surface area contributed by atoms with Crippen LogP contribution in [0.4, 0.5) is 11.4 Å². The van der Waals surface area contributed by atoms with Gasteiger partial charge < -0.3 is 11.1 Å². The Bertz CT molecular complexity index is 579. The van der Waals surface area contributed by atoms with Crippen LogP contribution in [0.2, 0.25) is 0 Å². The minimum atomic E-state index is 0.262. The predicted molar refractivity (Wildman–Crippen MR) is 92.3 cm³/mol.